The molecule has 3 aromatic rings. The van der Waals surface area contributed by atoms with Crippen molar-refractivity contribution in [2.45, 2.75) is 30.4 Å². The number of thioether (sulfide) groups is 1. The first-order valence-electron chi connectivity index (χ1n) is 10.7. The van der Waals surface area contributed by atoms with Crippen molar-refractivity contribution in [2.24, 2.45) is 11.8 Å². The number of aromatic nitrogens is 2. The van der Waals surface area contributed by atoms with Crippen molar-refractivity contribution in [1.29, 1.82) is 0 Å². The highest BCUT2D eigenvalue weighted by molar-refractivity contribution is 7.99. The van der Waals surface area contributed by atoms with Crippen molar-refractivity contribution in [3.05, 3.63) is 54.6 Å². The molecule has 8 nitrogen and oxygen atoms in total. The van der Waals surface area contributed by atoms with Crippen molar-refractivity contribution in [1.82, 2.24) is 14.5 Å². The molecule has 4 rings (SSSR count). The first-order chi connectivity index (χ1) is 15.8. The van der Waals surface area contributed by atoms with Gasteiger partial charge < -0.3 is 9.73 Å². The van der Waals surface area contributed by atoms with Crippen LogP contribution in [-0.2, 0) is 14.8 Å². The lowest BCUT2D eigenvalue weighted by atomic mass is 9.94. The Morgan fingerprint density at radius 2 is 1.73 bits per heavy atom. The van der Waals surface area contributed by atoms with Gasteiger partial charge >= 0.3 is 0 Å². The molecule has 0 saturated carbocycles. The van der Waals surface area contributed by atoms with Crippen LogP contribution in [0.15, 0.2) is 69.1 Å². The lowest BCUT2D eigenvalue weighted by Gasteiger charge is -2.34. The maximum atomic E-state index is 13.0. The summed E-state index contributed by atoms with van der Waals surface area (Å²) in [6.07, 6.45) is 1.03. The molecular weight excluding hydrogens is 460 g/mol. The lowest BCUT2D eigenvalue weighted by Crippen LogP contribution is -2.42. The molecule has 33 heavy (non-hydrogen) atoms. The summed E-state index contributed by atoms with van der Waals surface area (Å²) >= 11 is 1.13. The van der Waals surface area contributed by atoms with E-state index in [1.807, 2.05) is 30.3 Å². The maximum Gasteiger partial charge on any atom is 0.277 e. The van der Waals surface area contributed by atoms with Gasteiger partial charge in [-0.2, -0.15) is 4.31 Å². The molecule has 1 aliphatic rings. The van der Waals surface area contributed by atoms with E-state index in [9.17, 15) is 13.2 Å². The van der Waals surface area contributed by atoms with Crippen LogP contribution in [0.25, 0.3) is 11.5 Å². The second kappa shape index (κ2) is 10.1. The molecule has 1 N–H and O–H groups in total. The minimum Gasteiger partial charge on any atom is -0.411 e. The van der Waals surface area contributed by atoms with Crippen LogP contribution in [-0.4, -0.2) is 47.7 Å². The maximum absolute atomic E-state index is 13.0. The monoisotopic (exact) mass is 486 g/mol. The molecule has 2 aromatic carbocycles. The van der Waals surface area contributed by atoms with Gasteiger partial charge in [0.1, 0.15) is 0 Å². The van der Waals surface area contributed by atoms with E-state index < -0.39 is 10.0 Å². The predicted octanol–water partition coefficient (Wildman–Crippen LogP) is 4.13. The number of carbonyl (C=O) groups excluding carboxylic acids is 1. The number of rotatable bonds is 7. The van der Waals surface area contributed by atoms with Crippen molar-refractivity contribution < 1.29 is 17.6 Å². The highest BCUT2D eigenvalue weighted by Gasteiger charge is 2.31. The van der Waals surface area contributed by atoms with Gasteiger partial charge in [-0.25, -0.2) is 8.42 Å². The summed E-state index contributed by atoms with van der Waals surface area (Å²) in [6.45, 7) is 5.21. The molecule has 1 aromatic heterocycles. The number of anilines is 1. The number of nitrogens with one attached hydrogen (secondary N) is 1. The Hall–Kier alpha value is -2.69. The minimum absolute atomic E-state index is 0.0834. The number of amides is 1. The van der Waals surface area contributed by atoms with E-state index in [2.05, 4.69) is 29.4 Å². The molecule has 2 heterocycles. The molecule has 1 saturated heterocycles. The van der Waals surface area contributed by atoms with Crippen LogP contribution in [0.1, 0.15) is 20.3 Å². The van der Waals surface area contributed by atoms with Crippen LogP contribution >= 0.6 is 11.8 Å². The Kier molecular flexibility index (Phi) is 7.16. The predicted molar refractivity (Wildman–Crippen MR) is 127 cm³/mol. The zero-order chi connectivity index (χ0) is 23.4. The van der Waals surface area contributed by atoms with E-state index in [-0.39, 0.29) is 16.6 Å². The van der Waals surface area contributed by atoms with E-state index in [0.717, 1.165) is 23.7 Å². The molecule has 0 aliphatic carbocycles. The standard InChI is InChI=1S/C23H26N4O4S2/c1-16-12-17(2)14-27(13-16)33(29,30)20-10-8-19(9-11-20)24-21(28)15-32-23-26-25-22(31-23)18-6-4-3-5-7-18/h3-11,16-17H,12-15H2,1-2H3,(H,24,28). The number of piperidine rings is 1. The Morgan fingerprint density at radius 3 is 2.39 bits per heavy atom. The third kappa shape index (κ3) is 5.82. The van der Waals surface area contributed by atoms with Crippen LogP contribution in [0.3, 0.4) is 0 Å². The summed E-state index contributed by atoms with van der Waals surface area (Å²) in [4.78, 5) is 12.5. The molecule has 1 fully saturated rings. The summed E-state index contributed by atoms with van der Waals surface area (Å²) in [7, 11) is -3.55. The zero-order valence-electron chi connectivity index (χ0n) is 18.5. The molecule has 0 radical (unpaired) electrons. The van der Waals surface area contributed by atoms with Crippen molar-refractivity contribution in [3.63, 3.8) is 0 Å². The van der Waals surface area contributed by atoms with Gasteiger partial charge in [0.15, 0.2) is 0 Å². The van der Waals surface area contributed by atoms with Crippen LogP contribution in [0, 0.1) is 11.8 Å². The van der Waals surface area contributed by atoms with Gasteiger partial charge in [0.25, 0.3) is 5.22 Å². The number of sulfonamides is 1. The molecule has 10 heteroatoms. The SMILES string of the molecule is CC1CC(C)CN(S(=O)(=O)c2ccc(NC(=O)CSc3nnc(-c4ccccc4)o3)cc2)C1. The van der Waals surface area contributed by atoms with Gasteiger partial charge in [-0.3, -0.25) is 4.79 Å². The summed E-state index contributed by atoms with van der Waals surface area (Å²) in [5.74, 6) is 0.894. The zero-order valence-corrected chi connectivity index (χ0v) is 20.1. The lowest BCUT2D eigenvalue weighted by molar-refractivity contribution is -0.113. The second-order valence-corrected chi connectivity index (χ2v) is 11.2. The molecule has 2 atom stereocenters. The van der Waals surface area contributed by atoms with E-state index in [4.69, 9.17) is 4.42 Å². The summed E-state index contributed by atoms with van der Waals surface area (Å²) in [5.41, 5.74) is 1.33. The number of benzene rings is 2. The molecule has 174 valence electrons. The Balaban J connectivity index is 1.32. The normalized spacial score (nSPS) is 19.3. The number of hydrogen-bond donors (Lipinski definition) is 1. The molecule has 2 unspecified atom stereocenters. The van der Waals surface area contributed by atoms with E-state index in [1.54, 1.807) is 16.4 Å². The van der Waals surface area contributed by atoms with E-state index >= 15 is 0 Å². The second-order valence-electron chi connectivity index (χ2n) is 8.37. The highest BCUT2D eigenvalue weighted by Crippen LogP contribution is 2.27. The average Bonchev–Trinajstić information content (AvgIpc) is 3.27. The first kappa shape index (κ1) is 23.5. The van der Waals surface area contributed by atoms with Crippen LogP contribution < -0.4 is 5.32 Å². The average molecular weight is 487 g/mol. The van der Waals surface area contributed by atoms with Gasteiger partial charge in [-0.15, -0.1) is 10.2 Å². The van der Waals surface area contributed by atoms with E-state index in [0.29, 0.717) is 41.7 Å². The fourth-order valence-electron chi connectivity index (χ4n) is 3.95. The first-order valence-corrected chi connectivity index (χ1v) is 13.2. The third-order valence-electron chi connectivity index (χ3n) is 5.37. The van der Waals surface area contributed by atoms with Crippen molar-refractivity contribution >= 4 is 33.4 Å². The largest absolute Gasteiger partial charge is 0.411 e. The van der Waals surface area contributed by atoms with Gasteiger partial charge in [-0.1, -0.05) is 43.8 Å². The van der Waals surface area contributed by atoms with Gasteiger partial charge in [0, 0.05) is 24.3 Å². The fourth-order valence-corrected chi connectivity index (χ4v) is 6.19. The number of carbonyl (C=O) groups is 1. The number of nitrogens with zero attached hydrogens (tertiary/aromatic N) is 3. The van der Waals surface area contributed by atoms with Crippen LogP contribution in [0.5, 0.6) is 0 Å². The van der Waals surface area contributed by atoms with Crippen molar-refractivity contribution in [3.8, 4) is 11.5 Å². The quantitative estimate of drug-likeness (QED) is 0.501. The van der Waals surface area contributed by atoms with E-state index in [1.165, 1.54) is 12.1 Å². The van der Waals surface area contributed by atoms with Crippen LogP contribution in [0.4, 0.5) is 5.69 Å². The van der Waals surface area contributed by atoms with Crippen LogP contribution in [0.2, 0.25) is 0 Å². The summed E-state index contributed by atoms with van der Waals surface area (Å²) in [6, 6.07) is 15.7. The molecule has 0 bridgehead atoms. The van der Waals surface area contributed by atoms with Gasteiger partial charge in [0.2, 0.25) is 21.8 Å². The molecule has 1 amide bonds. The molecule has 1 aliphatic heterocycles. The Morgan fingerprint density at radius 1 is 1.06 bits per heavy atom. The topological polar surface area (TPSA) is 105 Å². The fraction of sp³-hybridized carbons (Fsp3) is 0.348. The van der Waals surface area contributed by atoms with Gasteiger partial charge in [-0.05, 0) is 54.7 Å². The number of hydrogen-bond acceptors (Lipinski definition) is 7. The smallest absolute Gasteiger partial charge is 0.277 e. The molecule has 0 spiro atoms. The summed E-state index contributed by atoms with van der Waals surface area (Å²) < 4.78 is 33.1. The Labute approximate surface area is 197 Å². The highest BCUT2D eigenvalue weighted by atomic mass is 32.2. The Bertz CT molecular complexity index is 1190. The third-order valence-corrected chi connectivity index (χ3v) is 8.03. The van der Waals surface area contributed by atoms with Crippen molar-refractivity contribution in [2.75, 3.05) is 24.2 Å². The minimum atomic E-state index is -3.55. The molecular formula is C23H26N4O4S2. The van der Waals surface area contributed by atoms with Gasteiger partial charge in [0.05, 0.1) is 10.6 Å². The summed E-state index contributed by atoms with van der Waals surface area (Å²) in [5, 5.41) is 11.0.